The Kier molecular flexibility index (Phi) is 46.0. The predicted molar refractivity (Wildman–Crippen MR) is 251 cm³/mol. The minimum absolute atomic E-state index is 0.0223. The molecule has 0 bridgehead atoms. The van der Waals surface area contributed by atoms with Crippen molar-refractivity contribution in [1.82, 2.24) is 0 Å². The van der Waals surface area contributed by atoms with Gasteiger partial charge in [0, 0.05) is 13.0 Å². The van der Waals surface area contributed by atoms with Gasteiger partial charge in [0.2, 0.25) is 0 Å². The third kappa shape index (κ3) is 45.8. The number of unbranched alkanes of at least 4 members (excludes halogenated alkanes) is 19. The van der Waals surface area contributed by atoms with Gasteiger partial charge in [-0.05, 0) is 89.9 Å². The first-order chi connectivity index (χ1) is 28.6. The summed E-state index contributed by atoms with van der Waals surface area (Å²) >= 11 is 0. The molecule has 332 valence electrons. The molecule has 0 aromatic rings. The van der Waals surface area contributed by atoms with E-state index in [9.17, 15) is 9.59 Å². The Bertz CT molecular complexity index is 1090. The maximum Gasteiger partial charge on any atom is 0.309 e. The summed E-state index contributed by atoms with van der Waals surface area (Å²) < 4.78 is 17.2. The first kappa shape index (κ1) is 55.1. The molecule has 0 saturated carbocycles. The van der Waals surface area contributed by atoms with Crippen LogP contribution in [0, 0.1) is 0 Å². The Morgan fingerprint density at radius 3 is 1.36 bits per heavy atom. The summed E-state index contributed by atoms with van der Waals surface area (Å²) in [6, 6.07) is 0. The fourth-order valence-electron chi connectivity index (χ4n) is 6.32. The Morgan fingerprint density at radius 2 is 0.845 bits per heavy atom. The van der Waals surface area contributed by atoms with Crippen molar-refractivity contribution >= 4 is 11.9 Å². The highest BCUT2D eigenvalue weighted by Crippen LogP contribution is 2.12. The van der Waals surface area contributed by atoms with Gasteiger partial charge in [-0.1, -0.05) is 196 Å². The lowest BCUT2D eigenvalue weighted by Crippen LogP contribution is -2.30. The first-order valence-corrected chi connectivity index (χ1v) is 24.1. The zero-order chi connectivity index (χ0) is 42.1. The third-order valence-corrected chi connectivity index (χ3v) is 9.92. The van der Waals surface area contributed by atoms with Crippen LogP contribution in [-0.2, 0) is 23.8 Å². The highest BCUT2D eigenvalue weighted by molar-refractivity contribution is 5.71. The average molecular weight is 807 g/mol. The molecule has 0 aliphatic carbocycles. The summed E-state index contributed by atoms with van der Waals surface area (Å²) in [7, 11) is 0. The molecule has 0 radical (unpaired) electrons. The van der Waals surface area contributed by atoms with Crippen molar-refractivity contribution in [3.63, 3.8) is 0 Å². The van der Waals surface area contributed by atoms with Gasteiger partial charge in [0.15, 0.2) is 6.10 Å². The van der Waals surface area contributed by atoms with E-state index in [1.54, 1.807) is 0 Å². The van der Waals surface area contributed by atoms with Crippen LogP contribution in [0.2, 0.25) is 0 Å². The molecule has 0 saturated heterocycles. The first-order valence-electron chi connectivity index (χ1n) is 24.1. The van der Waals surface area contributed by atoms with E-state index in [0.29, 0.717) is 13.0 Å². The quantitative estimate of drug-likeness (QED) is 0.0349. The summed E-state index contributed by atoms with van der Waals surface area (Å²) in [4.78, 5) is 25.2. The van der Waals surface area contributed by atoms with Gasteiger partial charge in [0.1, 0.15) is 6.61 Å². The van der Waals surface area contributed by atoms with E-state index in [2.05, 4.69) is 93.7 Å². The molecule has 0 aromatic heterocycles. The van der Waals surface area contributed by atoms with Crippen molar-refractivity contribution in [2.24, 2.45) is 0 Å². The molecule has 58 heavy (non-hydrogen) atoms. The summed E-state index contributed by atoms with van der Waals surface area (Å²) in [5, 5.41) is 0. The molecule has 0 aliphatic heterocycles. The largest absolute Gasteiger partial charge is 0.461 e. The Hall–Kier alpha value is -2.92. The van der Waals surface area contributed by atoms with Gasteiger partial charge in [-0.3, -0.25) is 9.59 Å². The van der Waals surface area contributed by atoms with Crippen LogP contribution < -0.4 is 0 Å². The Morgan fingerprint density at radius 1 is 0.414 bits per heavy atom. The minimum atomic E-state index is -0.585. The van der Waals surface area contributed by atoms with E-state index in [0.717, 1.165) is 70.6 Å². The van der Waals surface area contributed by atoms with Crippen LogP contribution in [-0.4, -0.2) is 37.9 Å². The van der Waals surface area contributed by atoms with Crippen molar-refractivity contribution in [3.8, 4) is 0 Å². The van der Waals surface area contributed by atoms with Crippen LogP contribution in [0.4, 0.5) is 0 Å². The van der Waals surface area contributed by atoms with Crippen molar-refractivity contribution < 1.29 is 23.8 Å². The van der Waals surface area contributed by atoms with Crippen molar-refractivity contribution in [3.05, 3.63) is 85.1 Å². The number of carbonyl (C=O) groups is 2. The highest BCUT2D eigenvalue weighted by Gasteiger charge is 2.17. The maximum atomic E-state index is 12.7. The predicted octanol–water partition coefficient (Wildman–Crippen LogP) is 16.1. The molecule has 0 aromatic carbocycles. The molecule has 0 fully saturated rings. The number of hydrogen-bond donors (Lipinski definition) is 0. The van der Waals surface area contributed by atoms with Crippen LogP contribution in [0.15, 0.2) is 85.1 Å². The van der Waals surface area contributed by atoms with Gasteiger partial charge in [-0.15, -0.1) is 0 Å². The molecule has 0 N–H and O–H groups in total. The zero-order valence-corrected chi connectivity index (χ0v) is 38.0. The Labute approximate surface area is 359 Å². The molecule has 5 nitrogen and oxygen atoms in total. The summed E-state index contributed by atoms with van der Waals surface area (Å²) in [6.07, 6.45) is 63.2. The smallest absolute Gasteiger partial charge is 0.309 e. The van der Waals surface area contributed by atoms with Crippen LogP contribution >= 0.6 is 0 Å². The van der Waals surface area contributed by atoms with Gasteiger partial charge in [0.05, 0.1) is 13.0 Å². The fourth-order valence-corrected chi connectivity index (χ4v) is 6.32. The SMILES string of the molecule is CC/C=C\C/C=C\C/C=C\C/C=C\C/C=C\CC(=O)OCC(COCCCCCCCC/C=C\CCCCCCCC)OC(=O)CCCCCCC/C=C\CCCC. The number of allylic oxidation sites excluding steroid dienone is 13. The normalized spacial score (nSPS) is 12.9. The molecule has 0 spiro atoms. The summed E-state index contributed by atoms with van der Waals surface area (Å²) in [5.74, 6) is -0.561. The van der Waals surface area contributed by atoms with E-state index in [-0.39, 0.29) is 31.6 Å². The van der Waals surface area contributed by atoms with E-state index in [1.807, 2.05) is 12.2 Å². The van der Waals surface area contributed by atoms with E-state index >= 15 is 0 Å². The number of ether oxygens (including phenoxy) is 3. The van der Waals surface area contributed by atoms with Gasteiger partial charge >= 0.3 is 11.9 Å². The number of carbonyl (C=O) groups excluding carboxylic acids is 2. The molecule has 5 heteroatoms. The molecule has 1 unspecified atom stereocenters. The van der Waals surface area contributed by atoms with Crippen molar-refractivity contribution in [1.29, 1.82) is 0 Å². The van der Waals surface area contributed by atoms with Crippen LogP contribution in [0.3, 0.4) is 0 Å². The van der Waals surface area contributed by atoms with Gasteiger partial charge in [0.25, 0.3) is 0 Å². The van der Waals surface area contributed by atoms with E-state index in [1.165, 1.54) is 109 Å². The fraction of sp³-hybridized carbons (Fsp3) is 0.698. The van der Waals surface area contributed by atoms with Gasteiger partial charge in [-0.25, -0.2) is 0 Å². The molecular weight excluding hydrogens is 717 g/mol. The topological polar surface area (TPSA) is 61.8 Å². The molecular formula is C53H90O5. The van der Waals surface area contributed by atoms with Crippen LogP contribution in [0.5, 0.6) is 0 Å². The van der Waals surface area contributed by atoms with Gasteiger partial charge < -0.3 is 14.2 Å². The van der Waals surface area contributed by atoms with Crippen molar-refractivity contribution in [2.75, 3.05) is 19.8 Å². The lowest BCUT2D eigenvalue weighted by atomic mass is 10.1. The highest BCUT2D eigenvalue weighted by atomic mass is 16.6. The number of hydrogen-bond acceptors (Lipinski definition) is 5. The van der Waals surface area contributed by atoms with Gasteiger partial charge in [-0.2, -0.15) is 0 Å². The lowest BCUT2D eigenvalue weighted by molar-refractivity contribution is -0.162. The molecule has 0 amide bonds. The molecule has 1 atom stereocenters. The average Bonchev–Trinajstić information content (AvgIpc) is 3.22. The monoisotopic (exact) mass is 807 g/mol. The van der Waals surface area contributed by atoms with E-state index < -0.39 is 6.10 Å². The number of rotatable bonds is 43. The molecule has 0 heterocycles. The van der Waals surface area contributed by atoms with Crippen molar-refractivity contribution in [2.45, 2.75) is 219 Å². The standard InChI is InChI=1S/C53H90O5/c1-4-7-10-13-16-19-22-24-26-28-30-33-36-39-42-45-48-56-49-51(58-53(55)47-44-41-38-35-31-21-18-15-12-9-6-3)50-57-52(54)46-43-40-37-34-32-29-27-25-23-20-17-14-11-8-5-2/h8,11,15,17-18,20,24-27,32,34,40,43,51H,4-7,9-10,12-14,16,19,21-23,28-31,33,35-39,41-42,44-50H2,1-3H3/b11-8-,18-15-,20-17-,26-24-,27-25-,34-32-,43-40-. The second kappa shape index (κ2) is 48.4. The second-order valence-electron chi connectivity index (χ2n) is 15.6. The minimum Gasteiger partial charge on any atom is -0.461 e. The zero-order valence-electron chi connectivity index (χ0n) is 38.0. The second-order valence-corrected chi connectivity index (χ2v) is 15.6. The summed E-state index contributed by atoms with van der Waals surface area (Å²) in [6.45, 7) is 7.54. The Balaban J connectivity index is 4.39. The molecule has 0 aliphatic rings. The van der Waals surface area contributed by atoms with Crippen LogP contribution in [0.1, 0.15) is 213 Å². The number of esters is 2. The summed E-state index contributed by atoms with van der Waals surface area (Å²) in [5.41, 5.74) is 0. The maximum absolute atomic E-state index is 12.7. The molecule has 0 rings (SSSR count). The third-order valence-electron chi connectivity index (χ3n) is 9.92. The van der Waals surface area contributed by atoms with Crippen LogP contribution in [0.25, 0.3) is 0 Å². The lowest BCUT2D eigenvalue weighted by Gasteiger charge is -2.18. The van der Waals surface area contributed by atoms with E-state index in [4.69, 9.17) is 14.2 Å².